The number of aromatic nitrogens is 2. The monoisotopic (exact) mass is 477 g/mol. The van der Waals surface area contributed by atoms with E-state index >= 15 is 0 Å². The summed E-state index contributed by atoms with van der Waals surface area (Å²) in [6.07, 6.45) is 8.76. The lowest BCUT2D eigenvalue weighted by Gasteiger charge is -2.40. The molecule has 26 heavy (non-hydrogen) atoms. The van der Waals surface area contributed by atoms with Crippen molar-refractivity contribution in [3.05, 3.63) is 18.0 Å². The highest BCUT2D eigenvalue weighted by molar-refractivity contribution is 14.0. The second-order valence-corrected chi connectivity index (χ2v) is 8.07. The first-order chi connectivity index (χ1) is 11.9. The number of aliphatic imine (C=N–C) groups is 1. The van der Waals surface area contributed by atoms with Crippen LogP contribution in [-0.4, -0.2) is 48.6 Å². The molecule has 7 heteroatoms. The van der Waals surface area contributed by atoms with E-state index in [9.17, 15) is 0 Å². The third-order valence-corrected chi connectivity index (χ3v) is 4.75. The van der Waals surface area contributed by atoms with Gasteiger partial charge in [0.25, 0.3) is 0 Å². The van der Waals surface area contributed by atoms with Gasteiger partial charge in [0.1, 0.15) is 0 Å². The average Bonchev–Trinajstić information content (AvgIpc) is 2.99. The van der Waals surface area contributed by atoms with Crippen molar-refractivity contribution in [2.45, 2.75) is 52.6 Å². The molecule has 1 aromatic heterocycles. The predicted octanol–water partition coefficient (Wildman–Crippen LogP) is 2.98. The zero-order valence-corrected chi connectivity index (χ0v) is 19.2. The van der Waals surface area contributed by atoms with Gasteiger partial charge >= 0.3 is 0 Å². The van der Waals surface area contributed by atoms with Crippen LogP contribution in [0.3, 0.4) is 0 Å². The number of guanidine groups is 1. The van der Waals surface area contributed by atoms with Gasteiger partial charge in [-0.25, -0.2) is 0 Å². The predicted molar refractivity (Wildman–Crippen MR) is 118 cm³/mol. The number of nitrogens with zero attached hydrogens (tertiary/aromatic N) is 3. The first kappa shape index (κ1) is 23.2. The quantitative estimate of drug-likeness (QED) is 0.286. The van der Waals surface area contributed by atoms with Gasteiger partial charge in [-0.15, -0.1) is 24.0 Å². The molecular formula is C19H36IN5O. The zero-order chi connectivity index (χ0) is 18.3. The SMILES string of the molecule is CN=C(NCCCc1cnn(C)c1)NCC1CCCOC1C(C)(C)C.I. The Morgan fingerprint density at radius 2 is 2.15 bits per heavy atom. The summed E-state index contributed by atoms with van der Waals surface area (Å²) < 4.78 is 7.91. The molecule has 2 atom stereocenters. The van der Waals surface area contributed by atoms with Crippen molar-refractivity contribution in [1.29, 1.82) is 0 Å². The van der Waals surface area contributed by atoms with Crippen LogP contribution in [0, 0.1) is 11.3 Å². The van der Waals surface area contributed by atoms with E-state index in [1.54, 1.807) is 0 Å². The first-order valence-corrected chi connectivity index (χ1v) is 9.44. The summed E-state index contributed by atoms with van der Waals surface area (Å²) in [6.45, 7) is 9.49. The highest BCUT2D eigenvalue weighted by Gasteiger charge is 2.35. The van der Waals surface area contributed by atoms with E-state index in [4.69, 9.17) is 4.74 Å². The highest BCUT2D eigenvalue weighted by Crippen LogP contribution is 2.33. The van der Waals surface area contributed by atoms with Crippen molar-refractivity contribution >= 4 is 29.9 Å². The minimum absolute atomic E-state index is 0. The van der Waals surface area contributed by atoms with E-state index in [0.29, 0.717) is 12.0 Å². The van der Waals surface area contributed by atoms with Gasteiger partial charge < -0.3 is 15.4 Å². The molecule has 2 heterocycles. The van der Waals surface area contributed by atoms with Crippen molar-refractivity contribution in [3.63, 3.8) is 0 Å². The van der Waals surface area contributed by atoms with Crippen molar-refractivity contribution < 1.29 is 4.74 Å². The van der Waals surface area contributed by atoms with Gasteiger partial charge in [0, 0.05) is 45.9 Å². The maximum Gasteiger partial charge on any atom is 0.190 e. The Morgan fingerprint density at radius 3 is 2.77 bits per heavy atom. The molecule has 0 spiro atoms. The van der Waals surface area contributed by atoms with E-state index in [-0.39, 0.29) is 29.4 Å². The minimum Gasteiger partial charge on any atom is -0.377 e. The van der Waals surface area contributed by atoms with Gasteiger partial charge in [-0.3, -0.25) is 9.67 Å². The van der Waals surface area contributed by atoms with E-state index in [0.717, 1.165) is 44.9 Å². The maximum absolute atomic E-state index is 6.06. The molecule has 1 saturated heterocycles. The summed E-state index contributed by atoms with van der Waals surface area (Å²) in [5.74, 6) is 1.41. The van der Waals surface area contributed by atoms with Crippen LogP contribution in [0.5, 0.6) is 0 Å². The van der Waals surface area contributed by atoms with Gasteiger partial charge in [-0.2, -0.15) is 5.10 Å². The number of halogens is 1. The summed E-state index contributed by atoms with van der Waals surface area (Å²) in [5.41, 5.74) is 1.45. The van der Waals surface area contributed by atoms with Crippen LogP contribution in [0.2, 0.25) is 0 Å². The van der Waals surface area contributed by atoms with Gasteiger partial charge in [0.2, 0.25) is 0 Å². The largest absolute Gasteiger partial charge is 0.377 e. The normalized spacial score (nSPS) is 21.2. The fraction of sp³-hybridized carbons (Fsp3) is 0.789. The van der Waals surface area contributed by atoms with Crippen LogP contribution >= 0.6 is 24.0 Å². The summed E-state index contributed by atoms with van der Waals surface area (Å²) >= 11 is 0. The smallest absolute Gasteiger partial charge is 0.190 e. The summed E-state index contributed by atoms with van der Waals surface area (Å²) in [7, 11) is 3.78. The van der Waals surface area contributed by atoms with E-state index in [1.807, 2.05) is 25.0 Å². The van der Waals surface area contributed by atoms with Crippen molar-refractivity contribution in [2.24, 2.45) is 23.4 Å². The second kappa shape index (κ2) is 11.1. The number of hydrogen-bond donors (Lipinski definition) is 2. The third-order valence-electron chi connectivity index (χ3n) is 4.75. The molecule has 2 N–H and O–H groups in total. The summed E-state index contributed by atoms with van der Waals surface area (Å²) in [4.78, 5) is 4.35. The molecule has 6 nitrogen and oxygen atoms in total. The molecule has 1 fully saturated rings. The Morgan fingerprint density at radius 1 is 1.38 bits per heavy atom. The molecule has 1 aliphatic rings. The van der Waals surface area contributed by atoms with E-state index in [2.05, 4.69) is 47.7 Å². The molecule has 0 saturated carbocycles. The lowest BCUT2D eigenvalue weighted by Crippen LogP contribution is -2.47. The van der Waals surface area contributed by atoms with Crippen molar-refractivity contribution in [1.82, 2.24) is 20.4 Å². The number of rotatable bonds is 6. The standard InChI is InChI=1S/C19H35N5O.HI/c1-19(2,3)17-16(9-7-11-25-17)13-22-18(20-4)21-10-6-8-15-12-23-24(5)14-15;/h12,14,16-17H,6-11,13H2,1-5H3,(H2,20,21,22);1H. The lowest BCUT2D eigenvalue weighted by atomic mass is 9.78. The number of aryl methyl sites for hydroxylation is 2. The Hall–Kier alpha value is -0.830. The molecule has 2 rings (SSSR count). The molecule has 1 aliphatic heterocycles. The summed E-state index contributed by atoms with van der Waals surface area (Å²) in [6, 6.07) is 0. The molecule has 2 unspecified atom stereocenters. The van der Waals surface area contributed by atoms with Gasteiger partial charge in [-0.1, -0.05) is 20.8 Å². The molecular weight excluding hydrogens is 441 g/mol. The fourth-order valence-electron chi connectivity index (χ4n) is 3.56. The van der Waals surface area contributed by atoms with Crippen molar-refractivity contribution in [3.8, 4) is 0 Å². The van der Waals surface area contributed by atoms with Crippen LogP contribution < -0.4 is 10.6 Å². The Kier molecular flexibility index (Phi) is 9.92. The van der Waals surface area contributed by atoms with Crippen LogP contribution in [-0.2, 0) is 18.2 Å². The van der Waals surface area contributed by atoms with E-state index < -0.39 is 0 Å². The van der Waals surface area contributed by atoms with Gasteiger partial charge in [0.15, 0.2) is 5.96 Å². The average molecular weight is 477 g/mol. The van der Waals surface area contributed by atoms with Crippen molar-refractivity contribution in [2.75, 3.05) is 26.7 Å². The molecule has 0 aliphatic carbocycles. The third kappa shape index (κ3) is 7.42. The lowest BCUT2D eigenvalue weighted by molar-refractivity contribution is -0.0835. The Balaban J connectivity index is 0.00000338. The topological polar surface area (TPSA) is 63.5 Å². The summed E-state index contributed by atoms with van der Waals surface area (Å²) in [5, 5.41) is 11.1. The van der Waals surface area contributed by atoms with Gasteiger partial charge in [0.05, 0.1) is 12.3 Å². The number of hydrogen-bond acceptors (Lipinski definition) is 3. The van der Waals surface area contributed by atoms with Crippen LogP contribution in [0.1, 0.15) is 45.6 Å². The molecule has 0 bridgehead atoms. The molecule has 0 radical (unpaired) electrons. The number of ether oxygens (including phenoxy) is 1. The van der Waals surface area contributed by atoms with Gasteiger partial charge in [-0.05, 0) is 36.7 Å². The van der Waals surface area contributed by atoms with Crippen LogP contribution in [0.25, 0.3) is 0 Å². The molecule has 1 aromatic rings. The molecule has 150 valence electrons. The van der Waals surface area contributed by atoms with Crippen LogP contribution in [0.15, 0.2) is 17.4 Å². The first-order valence-electron chi connectivity index (χ1n) is 9.44. The Labute approximate surface area is 175 Å². The second-order valence-electron chi connectivity index (χ2n) is 8.07. The Bertz CT molecular complexity index is 552. The fourth-order valence-corrected chi connectivity index (χ4v) is 3.56. The van der Waals surface area contributed by atoms with Crippen LogP contribution in [0.4, 0.5) is 0 Å². The highest BCUT2D eigenvalue weighted by atomic mass is 127. The molecule has 0 amide bonds. The molecule has 0 aromatic carbocycles. The van der Waals surface area contributed by atoms with E-state index in [1.165, 1.54) is 12.0 Å². The maximum atomic E-state index is 6.06. The number of nitrogens with one attached hydrogen (secondary N) is 2. The minimum atomic E-state index is 0. The zero-order valence-electron chi connectivity index (χ0n) is 16.9.